The van der Waals surface area contributed by atoms with Gasteiger partial charge in [0.1, 0.15) is 5.75 Å². The molecular formula is C25H23BrN2O5. The summed E-state index contributed by atoms with van der Waals surface area (Å²) in [7, 11) is 0. The molecular weight excluding hydrogens is 488 g/mol. The Balaban J connectivity index is 1.59. The lowest BCUT2D eigenvalue weighted by molar-refractivity contribution is -0.123. The second kappa shape index (κ2) is 11.8. The Labute approximate surface area is 200 Å². The molecule has 0 radical (unpaired) electrons. The molecule has 0 aliphatic rings. The van der Waals surface area contributed by atoms with Crippen LogP contribution in [0.2, 0.25) is 0 Å². The molecule has 0 bridgehead atoms. The predicted molar refractivity (Wildman–Crippen MR) is 129 cm³/mol. The minimum atomic E-state index is -0.495. The predicted octanol–water partition coefficient (Wildman–Crippen LogP) is 4.90. The van der Waals surface area contributed by atoms with E-state index in [1.54, 1.807) is 48.5 Å². The van der Waals surface area contributed by atoms with Gasteiger partial charge in [0.15, 0.2) is 18.1 Å². The number of hydrogen-bond donors (Lipinski definition) is 1. The Kier molecular flexibility index (Phi) is 8.60. The number of esters is 1. The number of aryl methyl sites for hydroxylation is 1. The van der Waals surface area contributed by atoms with E-state index in [1.807, 2.05) is 32.0 Å². The number of benzene rings is 3. The highest BCUT2D eigenvalue weighted by Crippen LogP contribution is 2.29. The normalized spacial score (nSPS) is 10.6. The number of carbonyl (C=O) groups excluding carboxylic acids is 2. The fraction of sp³-hybridized carbons (Fsp3) is 0.160. The number of hydrogen-bond acceptors (Lipinski definition) is 6. The van der Waals surface area contributed by atoms with Crippen molar-refractivity contribution in [1.82, 2.24) is 5.43 Å². The second-order valence-corrected chi connectivity index (χ2v) is 7.85. The third-order valence-corrected chi connectivity index (χ3v) is 4.84. The van der Waals surface area contributed by atoms with Crippen molar-refractivity contribution in [2.45, 2.75) is 13.8 Å². The van der Waals surface area contributed by atoms with Crippen LogP contribution in [0.3, 0.4) is 0 Å². The molecule has 0 atom stereocenters. The van der Waals surface area contributed by atoms with Crippen LogP contribution in [0.15, 0.2) is 76.3 Å². The van der Waals surface area contributed by atoms with Gasteiger partial charge in [-0.3, -0.25) is 4.79 Å². The molecule has 0 aliphatic carbocycles. The van der Waals surface area contributed by atoms with Crippen LogP contribution in [-0.4, -0.2) is 31.3 Å². The monoisotopic (exact) mass is 510 g/mol. The summed E-state index contributed by atoms with van der Waals surface area (Å²) in [5.74, 6) is 0.408. The third-order valence-electron chi connectivity index (χ3n) is 4.31. The number of ether oxygens (including phenoxy) is 3. The lowest BCUT2D eigenvalue weighted by Crippen LogP contribution is -2.24. The van der Waals surface area contributed by atoms with E-state index in [0.717, 1.165) is 10.0 Å². The third kappa shape index (κ3) is 7.47. The molecule has 0 aromatic heterocycles. The summed E-state index contributed by atoms with van der Waals surface area (Å²) < 4.78 is 17.4. The molecule has 0 saturated carbocycles. The van der Waals surface area contributed by atoms with E-state index < -0.39 is 11.9 Å². The first kappa shape index (κ1) is 24.0. The van der Waals surface area contributed by atoms with Gasteiger partial charge in [-0.1, -0.05) is 28.1 Å². The molecule has 170 valence electrons. The highest BCUT2D eigenvalue weighted by Gasteiger charge is 2.13. The number of carbonyl (C=O) groups is 2. The summed E-state index contributed by atoms with van der Waals surface area (Å²) in [5.41, 5.74) is 4.53. The summed E-state index contributed by atoms with van der Waals surface area (Å²) in [6.07, 6.45) is 1.47. The van der Waals surface area contributed by atoms with Gasteiger partial charge in [-0.05, 0) is 79.6 Å². The second-order valence-electron chi connectivity index (χ2n) is 6.93. The summed E-state index contributed by atoms with van der Waals surface area (Å²) >= 11 is 3.34. The highest BCUT2D eigenvalue weighted by atomic mass is 79.9. The minimum Gasteiger partial charge on any atom is -0.490 e. The molecule has 7 nitrogen and oxygen atoms in total. The SMILES string of the molecule is CCOc1cc(/C=N\NC(=O)COc2cccc(C)c2)ccc1OC(=O)c1ccc(Br)cc1. The lowest BCUT2D eigenvalue weighted by atomic mass is 10.2. The quantitative estimate of drug-likeness (QED) is 0.191. The number of nitrogens with one attached hydrogen (secondary N) is 1. The highest BCUT2D eigenvalue weighted by molar-refractivity contribution is 9.10. The molecule has 3 rings (SSSR count). The van der Waals surface area contributed by atoms with Gasteiger partial charge in [-0.2, -0.15) is 5.10 Å². The topological polar surface area (TPSA) is 86.2 Å². The van der Waals surface area contributed by atoms with Gasteiger partial charge in [0.05, 0.1) is 18.4 Å². The first-order valence-electron chi connectivity index (χ1n) is 10.2. The van der Waals surface area contributed by atoms with Gasteiger partial charge in [0.2, 0.25) is 0 Å². The summed E-state index contributed by atoms with van der Waals surface area (Å²) in [6, 6.07) is 19.3. The maximum atomic E-state index is 12.4. The van der Waals surface area contributed by atoms with Gasteiger partial charge in [0.25, 0.3) is 5.91 Å². The molecule has 3 aromatic carbocycles. The van der Waals surface area contributed by atoms with Crippen molar-refractivity contribution < 1.29 is 23.8 Å². The smallest absolute Gasteiger partial charge is 0.343 e. The fourth-order valence-corrected chi connectivity index (χ4v) is 3.03. The molecule has 1 amide bonds. The Hall–Kier alpha value is -3.65. The molecule has 0 aliphatic heterocycles. The Morgan fingerprint density at radius 3 is 2.52 bits per heavy atom. The van der Waals surface area contributed by atoms with Crippen LogP contribution in [0.25, 0.3) is 0 Å². The van der Waals surface area contributed by atoms with Crippen molar-refractivity contribution in [2.75, 3.05) is 13.2 Å². The summed E-state index contributed by atoms with van der Waals surface area (Å²) in [6.45, 7) is 4.00. The van der Waals surface area contributed by atoms with Crippen LogP contribution in [0, 0.1) is 6.92 Å². The van der Waals surface area contributed by atoms with E-state index in [9.17, 15) is 9.59 Å². The Morgan fingerprint density at radius 2 is 1.79 bits per heavy atom. The molecule has 0 heterocycles. The molecule has 8 heteroatoms. The van der Waals surface area contributed by atoms with E-state index >= 15 is 0 Å². The standard InChI is InChI=1S/C25H23BrN2O5/c1-3-31-23-14-18(7-12-22(23)33-25(30)19-8-10-20(26)11-9-19)15-27-28-24(29)16-32-21-6-4-5-17(2)13-21/h4-15H,3,16H2,1-2H3,(H,28,29)/b27-15-. The van der Waals surface area contributed by atoms with Crippen molar-refractivity contribution >= 4 is 34.0 Å². The van der Waals surface area contributed by atoms with E-state index in [0.29, 0.717) is 29.2 Å². The first-order chi connectivity index (χ1) is 15.9. The zero-order chi connectivity index (χ0) is 23.6. The number of hydrazone groups is 1. The molecule has 0 saturated heterocycles. The van der Waals surface area contributed by atoms with Crippen molar-refractivity contribution in [1.29, 1.82) is 0 Å². The van der Waals surface area contributed by atoms with Gasteiger partial charge in [0, 0.05) is 4.47 Å². The summed E-state index contributed by atoms with van der Waals surface area (Å²) in [5, 5.41) is 3.95. The zero-order valence-electron chi connectivity index (χ0n) is 18.2. The molecule has 3 aromatic rings. The Bertz CT molecular complexity index is 1150. The number of amides is 1. The van der Waals surface area contributed by atoms with Gasteiger partial charge in [-0.15, -0.1) is 0 Å². The zero-order valence-corrected chi connectivity index (χ0v) is 19.8. The van der Waals surface area contributed by atoms with Crippen molar-refractivity contribution in [2.24, 2.45) is 5.10 Å². The fourth-order valence-electron chi connectivity index (χ4n) is 2.77. The van der Waals surface area contributed by atoms with E-state index in [-0.39, 0.29) is 12.4 Å². The molecule has 0 unspecified atom stereocenters. The summed E-state index contributed by atoms with van der Waals surface area (Å²) in [4.78, 5) is 24.4. The average molecular weight is 511 g/mol. The van der Waals surface area contributed by atoms with Crippen molar-refractivity contribution in [3.63, 3.8) is 0 Å². The maximum Gasteiger partial charge on any atom is 0.343 e. The van der Waals surface area contributed by atoms with Gasteiger partial charge in [-0.25, -0.2) is 10.2 Å². The van der Waals surface area contributed by atoms with Crippen molar-refractivity contribution in [3.8, 4) is 17.2 Å². The minimum absolute atomic E-state index is 0.157. The van der Waals surface area contributed by atoms with Crippen LogP contribution in [0.1, 0.15) is 28.4 Å². The van der Waals surface area contributed by atoms with Crippen LogP contribution in [-0.2, 0) is 4.79 Å². The van der Waals surface area contributed by atoms with Crippen molar-refractivity contribution in [3.05, 3.63) is 87.9 Å². The van der Waals surface area contributed by atoms with Crippen LogP contribution in [0.5, 0.6) is 17.2 Å². The van der Waals surface area contributed by atoms with Gasteiger partial charge < -0.3 is 14.2 Å². The number of halogens is 1. The number of nitrogens with zero attached hydrogens (tertiary/aromatic N) is 1. The largest absolute Gasteiger partial charge is 0.490 e. The van der Waals surface area contributed by atoms with Crippen LogP contribution < -0.4 is 19.6 Å². The lowest BCUT2D eigenvalue weighted by Gasteiger charge is -2.11. The molecule has 33 heavy (non-hydrogen) atoms. The van der Waals surface area contributed by atoms with E-state index in [1.165, 1.54) is 6.21 Å². The van der Waals surface area contributed by atoms with E-state index in [4.69, 9.17) is 14.2 Å². The molecule has 0 spiro atoms. The molecule has 1 N–H and O–H groups in total. The number of rotatable bonds is 9. The first-order valence-corrected chi connectivity index (χ1v) is 11.0. The van der Waals surface area contributed by atoms with Crippen LogP contribution >= 0.6 is 15.9 Å². The van der Waals surface area contributed by atoms with Gasteiger partial charge >= 0.3 is 5.97 Å². The molecule has 0 fully saturated rings. The average Bonchev–Trinajstić information content (AvgIpc) is 2.80. The maximum absolute atomic E-state index is 12.4. The van der Waals surface area contributed by atoms with E-state index in [2.05, 4.69) is 26.5 Å². The Morgan fingerprint density at radius 1 is 1.00 bits per heavy atom. The van der Waals surface area contributed by atoms with Crippen LogP contribution in [0.4, 0.5) is 0 Å².